The van der Waals surface area contributed by atoms with Crippen molar-refractivity contribution in [2.45, 2.75) is 58.2 Å². The summed E-state index contributed by atoms with van der Waals surface area (Å²) >= 11 is 0. The largest absolute Gasteiger partial charge is 0.444 e. The van der Waals surface area contributed by atoms with Crippen LogP contribution in [0.5, 0.6) is 0 Å². The Hall–Kier alpha value is -4.48. The SMILES string of the molecule is CC(C)(C)OC(=O)N1CCCC[C@H]1c1ncc(-c2ccc(-c3ccc(C(=O)Nc4ccc(CN5CCS(=O)(=O)CC5)cc4)cc3)cc2)[nH]1. The standard InChI is InChI=1S/C37H43N5O5S/c1-37(2,3)47-36(44)42-19-5-4-6-33(42)34-38-24-32(40-34)29-13-9-27(10-14-29)28-11-15-30(16-12-28)35(43)39-31-17-7-26(8-18-31)25-41-20-22-48(45,46)23-21-41/h7-18,24,33H,4-6,19-23,25H2,1-3H3,(H,38,40)(H,39,43)/t33-/m0/s1. The number of carbonyl (C=O) groups excluding carboxylic acids is 2. The number of nitrogens with one attached hydrogen (secondary N) is 2. The van der Waals surface area contributed by atoms with E-state index in [9.17, 15) is 18.0 Å². The Kier molecular flexibility index (Phi) is 9.70. The molecule has 0 bridgehead atoms. The van der Waals surface area contributed by atoms with E-state index >= 15 is 0 Å². The van der Waals surface area contributed by atoms with Gasteiger partial charge in [0.1, 0.15) is 11.4 Å². The summed E-state index contributed by atoms with van der Waals surface area (Å²) in [5.74, 6) is 0.984. The third-order valence-corrected chi connectivity index (χ3v) is 10.4. The van der Waals surface area contributed by atoms with E-state index in [1.165, 1.54) is 0 Å². The van der Waals surface area contributed by atoms with Crippen molar-refractivity contribution in [2.24, 2.45) is 0 Å². The zero-order valence-electron chi connectivity index (χ0n) is 27.7. The van der Waals surface area contributed by atoms with Crippen molar-refractivity contribution in [1.29, 1.82) is 0 Å². The van der Waals surface area contributed by atoms with Crippen LogP contribution in [0.1, 0.15) is 67.8 Å². The molecule has 2 amide bonds. The van der Waals surface area contributed by atoms with Gasteiger partial charge in [-0.25, -0.2) is 18.2 Å². The van der Waals surface area contributed by atoms with Gasteiger partial charge in [0, 0.05) is 37.4 Å². The summed E-state index contributed by atoms with van der Waals surface area (Å²) in [5.41, 5.74) is 5.67. The number of amides is 2. The maximum atomic E-state index is 12.9. The normalized spacial score (nSPS) is 18.3. The van der Waals surface area contributed by atoms with E-state index in [-0.39, 0.29) is 29.5 Å². The molecular formula is C37H43N5O5S. The smallest absolute Gasteiger partial charge is 0.410 e. The van der Waals surface area contributed by atoms with E-state index in [4.69, 9.17) is 4.74 Å². The van der Waals surface area contributed by atoms with E-state index in [0.29, 0.717) is 37.4 Å². The van der Waals surface area contributed by atoms with E-state index in [1.54, 1.807) is 4.90 Å². The minimum Gasteiger partial charge on any atom is -0.444 e. The fourth-order valence-electron chi connectivity index (χ4n) is 6.13. The molecule has 3 heterocycles. The van der Waals surface area contributed by atoms with E-state index < -0.39 is 15.4 Å². The highest BCUT2D eigenvalue weighted by Gasteiger charge is 2.33. The van der Waals surface area contributed by atoms with Crippen LogP contribution in [0.2, 0.25) is 0 Å². The predicted molar refractivity (Wildman–Crippen MR) is 187 cm³/mol. The molecule has 0 unspecified atom stereocenters. The number of H-pyrrole nitrogens is 1. The van der Waals surface area contributed by atoms with Crippen LogP contribution in [0.3, 0.4) is 0 Å². The molecule has 11 heteroatoms. The molecule has 0 aliphatic carbocycles. The van der Waals surface area contributed by atoms with Crippen LogP contribution < -0.4 is 5.32 Å². The number of imidazole rings is 1. The van der Waals surface area contributed by atoms with Gasteiger partial charge in [-0.3, -0.25) is 14.6 Å². The highest BCUT2D eigenvalue weighted by Crippen LogP contribution is 2.32. The Morgan fingerprint density at radius 1 is 0.875 bits per heavy atom. The lowest BCUT2D eigenvalue weighted by Crippen LogP contribution is -2.42. The van der Waals surface area contributed by atoms with Gasteiger partial charge >= 0.3 is 6.09 Å². The number of nitrogens with zero attached hydrogens (tertiary/aromatic N) is 3. The van der Waals surface area contributed by atoms with Crippen LogP contribution in [-0.2, 0) is 21.1 Å². The van der Waals surface area contributed by atoms with Gasteiger partial charge in [0.25, 0.3) is 5.91 Å². The first-order valence-electron chi connectivity index (χ1n) is 16.5. The Labute approximate surface area is 282 Å². The number of sulfone groups is 1. The maximum absolute atomic E-state index is 12.9. The summed E-state index contributed by atoms with van der Waals surface area (Å²) in [5, 5.41) is 2.96. The van der Waals surface area contributed by atoms with Crippen LogP contribution in [0.4, 0.5) is 10.5 Å². The second-order valence-corrected chi connectivity index (χ2v) is 15.9. The molecule has 1 atom stereocenters. The molecule has 2 aliphatic heterocycles. The average Bonchev–Trinajstić information content (AvgIpc) is 3.56. The van der Waals surface area contributed by atoms with Crippen molar-refractivity contribution in [3.8, 4) is 22.4 Å². The summed E-state index contributed by atoms with van der Waals surface area (Å²) in [4.78, 5) is 37.9. The van der Waals surface area contributed by atoms with Gasteiger partial charge in [-0.1, -0.05) is 48.5 Å². The molecule has 252 valence electrons. The lowest BCUT2D eigenvalue weighted by molar-refractivity contribution is 0.00853. The van der Waals surface area contributed by atoms with Gasteiger partial charge in [-0.2, -0.15) is 0 Å². The summed E-state index contributed by atoms with van der Waals surface area (Å²) in [6.07, 6.45) is 4.32. The number of aromatic amines is 1. The van der Waals surface area contributed by atoms with Crippen LogP contribution in [0.25, 0.3) is 22.4 Å². The number of aromatic nitrogens is 2. The van der Waals surface area contributed by atoms with Gasteiger partial charge < -0.3 is 15.0 Å². The van der Waals surface area contributed by atoms with Gasteiger partial charge in [-0.05, 0) is 86.6 Å². The topological polar surface area (TPSA) is 125 Å². The van der Waals surface area contributed by atoms with E-state index in [0.717, 1.165) is 53.0 Å². The van der Waals surface area contributed by atoms with Crippen molar-refractivity contribution < 1.29 is 22.7 Å². The number of hydrogen-bond donors (Lipinski definition) is 2. The third kappa shape index (κ3) is 8.32. The van der Waals surface area contributed by atoms with Crippen LogP contribution >= 0.6 is 0 Å². The summed E-state index contributed by atoms with van der Waals surface area (Å²) in [6, 6.07) is 23.2. The van der Waals surface area contributed by atoms with Crippen molar-refractivity contribution in [3.63, 3.8) is 0 Å². The number of hydrogen-bond acceptors (Lipinski definition) is 7. The fourth-order valence-corrected chi connectivity index (χ4v) is 7.40. The minimum atomic E-state index is -2.90. The molecule has 1 aromatic heterocycles. The quantitative estimate of drug-likeness (QED) is 0.225. The summed E-state index contributed by atoms with van der Waals surface area (Å²) in [7, 11) is -2.90. The zero-order chi connectivity index (χ0) is 33.9. The highest BCUT2D eigenvalue weighted by molar-refractivity contribution is 7.91. The van der Waals surface area contributed by atoms with E-state index in [1.807, 2.05) is 99.8 Å². The summed E-state index contributed by atoms with van der Waals surface area (Å²) < 4.78 is 29.0. The minimum absolute atomic E-state index is 0.147. The Bertz CT molecular complexity index is 1830. The van der Waals surface area contributed by atoms with Crippen molar-refractivity contribution in [1.82, 2.24) is 19.8 Å². The molecule has 2 N–H and O–H groups in total. The lowest BCUT2D eigenvalue weighted by atomic mass is 10.0. The molecule has 10 nitrogen and oxygen atoms in total. The molecular weight excluding hydrogens is 627 g/mol. The summed E-state index contributed by atoms with van der Waals surface area (Å²) in [6.45, 7) is 8.06. The molecule has 3 aromatic carbocycles. The second-order valence-electron chi connectivity index (χ2n) is 13.6. The number of piperidine rings is 1. The second kappa shape index (κ2) is 13.9. The Morgan fingerprint density at radius 3 is 2.15 bits per heavy atom. The van der Waals surface area contributed by atoms with Crippen molar-refractivity contribution in [2.75, 3.05) is 36.5 Å². The molecule has 2 aliphatic rings. The van der Waals surface area contributed by atoms with E-state index in [2.05, 4.69) is 20.2 Å². The maximum Gasteiger partial charge on any atom is 0.410 e. The first kappa shape index (κ1) is 33.4. The molecule has 6 rings (SSSR count). The molecule has 2 fully saturated rings. The number of carbonyl (C=O) groups is 2. The number of ether oxygens (including phenoxy) is 1. The molecule has 4 aromatic rings. The zero-order valence-corrected chi connectivity index (χ0v) is 28.6. The monoisotopic (exact) mass is 669 g/mol. The van der Waals surface area contributed by atoms with Crippen LogP contribution in [0.15, 0.2) is 79.0 Å². The molecule has 2 saturated heterocycles. The molecule has 0 radical (unpaired) electrons. The Balaban J connectivity index is 1.05. The lowest BCUT2D eigenvalue weighted by Gasteiger charge is -2.35. The van der Waals surface area contributed by atoms with Gasteiger partial charge in [0.05, 0.1) is 29.4 Å². The molecule has 0 spiro atoms. The number of rotatable bonds is 7. The molecule has 0 saturated carbocycles. The molecule has 48 heavy (non-hydrogen) atoms. The third-order valence-electron chi connectivity index (χ3n) is 8.77. The fraction of sp³-hybridized carbons (Fsp3) is 0.378. The van der Waals surface area contributed by atoms with Crippen molar-refractivity contribution >= 4 is 27.5 Å². The van der Waals surface area contributed by atoms with Gasteiger partial charge in [0.15, 0.2) is 9.84 Å². The van der Waals surface area contributed by atoms with Crippen molar-refractivity contribution in [3.05, 3.63) is 95.9 Å². The number of benzene rings is 3. The number of anilines is 1. The first-order valence-corrected chi connectivity index (χ1v) is 18.3. The van der Waals surface area contributed by atoms with Gasteiger partial charge in [0.2, 0.25) is 0 Å². The Morgan fingerprint density at radius 2 is 1.50 bits per heavy atom. The van der Waals surface area contributed by atoms with Crippen LogP contribution in [0, 0.1) is 0 Å². The highest BCUT2D eigenvalue weighted by atomic mass is 32.2. The van der Waals surface area contributed by atoms with Gasteiger partial charge in [-0.15, -0.1) is 0 Å². The predicted octanol–water partition coefficient (Wildman–Crippen LogP) is 6.69. The van der Waals surface area contributed by atoms with Crippen LogP contribution in [-0.4, -0.2) is 76.9 Å². The first-order chi connectivity index (χ1) is 22.9. The number of likely N-dealkylation sites (tertiary alicyclic amines) is 1. The average molecular weight is 670 g/mol.